The van der Waals surface area contributed by atoms with Gasteiger partial charge in [-0.3, -0.25) is 9.69 Å². The molecule has 1 aromatic rings. The Balaban J connectivity index is 1.97. The van der Waals surface area contributed by atoms with E-state index in [1.165, 1.54) is 0 Å². The molecule has 0 aromatic heterocycles. The van der Waals surface area contributed by atoms with E-state index in [-0.39, 0.29) is 11.6 Å². The summed E-state index contributed by atoms with van der Waals surface area (Å²) in [7, 11) is 0. The number of rotatable bonds is 6. The van der Waals surface area contributed by atoms with Gasteiger partial charge >= 0.3 is 0 Å². The highest BCUT2D eigenvalue weighted by Gasteiger charge is 2.22. The van der Waals surface area contributed by atoms with Crippen LogP contribution in [0.15, 0.2) is 18.2 Å². The average Bonchev–Trinajstić information content (AvgIpc) is 2.50. The summed E-state index contributed by atoms with van der Waals surface area (Å²) >= 11 is 0. The van der Waals surface area contributed by atoms with Gasteiger partial charge in [0.15, 0.2) is 0 Å². The number of hydrogen-bond donors (Lipinski definition) is 1. The van der Waals surface area contributed by atoms with Crippen LogP contribution in [0.4, 0.5) is 8.78 Å². The number of halogens is 2. The van der Waals surface area contributed by atoms with Gasteiger partial charge in [-0.25, -0.2) is 8.78 Å². The molecule has 0 aliphatic carbocycles. The quantitative estimate of drug-likeness (QED) is 0.873. The van der Waals surface area contributed by atoms with Crippen LogP contribution >= 0.6 is 0 Å². The lowest BCUT2D eigenvalue weighted by Crippen LogP contribution is -2.49. The van der Waals surface area contributed by atoms with Gasteiger partial charge in [0.1, 0.15) is 11.6 Å². The molecule has 0 radical (unpaired) electrons. The van der Waals surface area contributed by atoms with E-state index in [1.54, 1.807) is 0 Å². The zero-order chi connectivity index (χ0) is 16.8. The van der Waals surface area contributed by atoms with Gasteiger partial charge in [-0.2, -0.15) is 0 Å². The SMILES string of the molecule is CC(C)CC(CNC(=O)c1cc(F)cc(F)c1)N1CCOCC1. The molecule has 2 rings (SSSR count). The van der Waals surface area contributed by atoms with E-state index in [1.807, 2.05) is 0 Å². The highest BCUT2D eigenvalue weighted by atomic mass is 19.1. The fourth-order valence-electron chi connectivity index (χ4n) is 2.85. The van der Waals surface area contributed by atoms with Gasteiger partial charge in [0.05, 0.1) is 13.2 Å². The van der Waals surface area contributed by atoms with Gasteiger partial charge in [-0.1, -0.05) is 13.8 Å². The van der Waals surface area contributed by atoms with Crippen molar-refractivity contribution in [2.24, 2.45) is 5.92 Å². The normalized spacial score (nSPS) is 17.3. The first-order chi connectivity index (χ1) is 11.0. The molecule has 1 fully saturated rings. The molecule has 0 spiro atoms. The monoisotopic (exact) mass is 326 g/mol. The first-order valence-electron chi connectivity index (χ1n) is 8.02. The van der Waals surface area contributed by atoms with Gasteiger partial charge in [0, 0.05) is 37.3 Å². The lowest BCUT2D eigenvalue weighted by molar-refractivity contribution is 0.0124. The Kier molecular flexibility index (Phi) is 6.47. The molecule has 1 atom stereocenters. The molecule has 23 heavy (non-hydrogen) atoms. The Bertz CT molecular complexity index is 511. The lowest BCUT2D eigenvalue weighted by atomic mass is 10.0. The van der Waals surface area contributed by atoms with Crippen molar-refractivity contribution in [1.82, 2.24) is 10.2 Å². The van der Waals surface area contributed by atoms with Crippen LogP contribution in [0.3, 0.4) is 0 Å². The number of hydrogen-bond acceptors (Lipinski definition) is 3. The molecule has 1 amide bonds. The Morgan fingerprint density at radius 3 is 2.39 bits per heavy atom. The second-order valence-electron chi connectivity index (χ2n) is 6.30. The number of amides is 1. The van der Waals surface area contributed by atoms with Gasteiger partial charge in [0.25, 0.3) is 5.91 Å². The summed E-state index contributed by atoms with van der Waals surface area (Å²) in [5.41, 5.74) is 0.00720. The van der Waals surface area contributed by atoms with Crippen LogP contribution in [0.1, 0.15) is 30.6 Å². The largest absolute Gasteiger partial charge is 0.379 e. The minimum Gasteiger partial charge on any atom is -0.379 e. The number of carbonyl (C=O) groups is 1. The fourth-order valence-corrected chi connectivity index (χ4v) is 2.85. The number of benzene rings is 1. The standard InChI is InChI=1S/C17H24F2N2O2/c1-12(2)7-16(21-3-5-23-6-4-21)11-20-17(22)13-8-14(18)10-15(19)9-13/h8-10,12,16H,3-7,11H2,1-2H3,(H,20,22). The van der Waals surface area contributed by atoms with Crippen LogP contribution in [-0.2, 0) is 4.74 Å². The van der Waals surface area contributed by atoms with Crippen LogP contribution in [0.25, 0.3) is 0 Å². The van der Waals surface area contributed by atoms with E-state index >= 15 is 0 Å². The van der Waals surface area contributed by atoms with E-state index in [9.17, 15) is 13.6 Å². The van der Waals surface area contributed by atoms with E-state index < -0.39 is 17.5 Å². The molecule has 4 nitrogen and oxygen atoms in total. The third kappa shape index (κ3) is 5.55. The van der Waals surface area contributed by atoms with Crippen molar-refractivity contribution in [3.05, 3.63) is 35.4 Å². The summed E-state index contributed by atoms with van der Waals surface area (Å²) in [5.74, 6) is -1.46. The summed E-state index contributed by atoms with van der Waals surface area (Å²) in [6.07, 6.45) is 0.942. The minimum absolute atomic E-state index is 0.00720. The average molecular weight is 326 g/mol. The molecule has 1 aromatic carbocycles. The molecule has 1 N–H and O–H groups in total. The van der Waals surface area contributed by atoms with Crippen LogP contribution < -0.4 is 5.32 Å². The second kappa shape index (κ2) is 8.36. The van der Waals surface area contributed by atoms with Crippen molar-refractivity contribution in [3.63, 3.8) is 0 Å². The number of nitrogens with one attached hydrogen (secondary N) is 1. The highest BCUT2D eigenvalue weighted by Crippen LogP contribution is 2.14. The summed E-state index contributed by atoms with van der Waals surface area (Å²) in [6, 6.07) is 3.04. The Hall–Kier alpha value is -1.53. The van der Waals surface area contributed by atoms with Crippen LogP contribution in [-0.4, -0.2) is 49.7 Å². The number of nitrogens with zero attached hydrogens (tertiary/aromatic N) is 1. The molecular weight excluding hydrogens is 302 g/mol. The van der Waals surface area contributed by atoms with E-state index in [4.69, 9.17) is 4.74 Å². The Labute approximate surface area is 135 Å². The third-order valence-corrected chi connectivity index (χ3v) is 3.93. The molecule has 1 saturated heterocycles. The maximum atomic E-state index is 13.2. The molecule has 0 bridgehead atoms. The first kappa shape index (κ1) is 17.8. The Morgan fingerprint density at radius 1 is 1.22 bits per heavy atom. The highest BCUT2D eigenvalue weighted by molar-refractivity contribution is 5.94. The fraction of sp³-hybridized carbons (Fsp3) is 0.588. The summed E-state index contributed by atoms with van der Waals surface area (Å²) in [5, 5.41) is 2.80. The minimum atomic E-state index is -0.748. The van der Waals surface area contributed by atoms with Crippen LogP contribution in [0.5, 0.6) is 0 Å². The van der Waals surface area contributed by atoms with Crippen molar-refractivity contribution in [3.8, 4) is 0 Å². The topological polar surface area (TPSA) is 41.6 Å². The molecule has 6 heteroatoms. The van der Waals surface area contributed by atoms with Crippen molar-refractivity contribution < 1.29 is 18.3 Å². The number of morpholine rings is 1. The van der Waals surface area contributed by atoms with Crippen molar-refractivity contribution in [2.45, 2.75) is 26.3 Å². The van der Waals surface area contributed by atoms with Crippen LogP contribution in [0, 0.1) is 17.6 Å². The molecule has 1 heterocycles. The zero-order valence-electron chi connectivity index (χ0n) is 13.6. The van der Waals surface area contributed by atoms with Crippen molar-refractivity contribution in [2.75, 3.05) is 32.8 Å². The zero-order valence-corrected chi connectivity index (χ0v) is 13.6. The number of carbonyl (C=O) groups excluding carboxylic acids is 1. The molecular formula is C17H24F2N2O2. The van der Waals surface area contributed by atoms with Gasteiger partial charge in [0.2, 0.25) is 0 Å². The molecule has 1 aliphatic rings. The van der Waals surface area contributed by atoms with Gasteiger partial charge in [-0.15, -0.1) is 0 Å². The Morgan fingerprint density at radius 2 is 1.83 bits per heavy atom. The molecule has 0 saturated carbocycles. The van der Waals surface area contributed by atoms with E-state index in [0.29, 0.717) is 25.7 Å². The van der Waals surface area contributed by atoms with Crippen LogP contribution in [0.2, 0.25) is 0 Å². The molecule has 1 unspecified atom stereocenters. The van der Waals surface area contributed by atoms with Crippen molar-refractivity contribution in [1.29, 1.82) is 0 Å². The van der Waals surface area contributed by atoms with Gasteiger partial charge < -0.3 is 10.1 Å². The number of ether oxygens (including phenoxy) is 1. The van der Waals surface area contributed by atoms with E-state index in [2.05, 4.69) is 24.1 Å². The lowest BCUT2D eigenvalue weighted by Gasteiger charge is -2.35. The predicted octanol–water partition coefficient (Wildman–Crippen LogP) is 2.44. The maximum Gasteiger partial charge on any atom is 0.251 e. The maximum absolute atomic E-state index is 13.2. The summed E-state index contributed by atoms with van der Waals surface area (Å²) in [4.78, 5) is 14.4. The van der Waals surface area contributed by atoms with Crippen molar-refractivity contribution >= 4 is 5.91 Å². The summed E-state index contributed by atoms with van der Waals surface area (Å²) in [6.45, 7) is 7.78. The first-order valence-corrected chi connectivity index (χ1v) is 8.02. The predicted molar refractivity (Wildman–Crippen MR) is 84.3 cm³/mol. The second-order valence-corrected chi connectivity index (χ2v) is 6.30. The van der Waals surface area contributed by atoms with Gasteiger partial charge in [-0.05, 0) is 24.5 Å². The molecule has 1 aliphatic heterocycles. The third-order valence-electron chi connectivity index (χ3n) is 3.93. The molecule has 128 valence electrons. The smallest absolute Gasteiger partial charge is 0.251 e. The summed E-state index contributed by atoms with van der Waals surface area (Å²) < 4.78 is 31.8. The van der Waals surface area contributed by atoms with E-state index in [0.717, 1.165) is 37.7 Å².